The lowest BCUT2D eigenvalue weighted by molar-refractivity contribution is -0.113. The van der Waals surface area contributed by atoms with Crippen LogP contribution >= 0.6 is 35.0 Å². The summed E-state index contributed by atoms with van der Waals surface area (Å²) in [6.07, 6.45) is 0. The molecule has 1 heterocycles. The van der Waals surface area contributed by atoms with Crippen LogP contribution in [0.3, 0.4) is 0 Å². The molecule has 37 heavy (non-hydrogen) atoms. The van der Waals surface area contributed by atoms with Gasteiger partial charge in [0, 0.05) is 11.3 Å². The third-order valence-corrected chi connectivity index (χ3v) is 6.90. The minimum Gasteiger partial charge on any atom is -0.497 e. The fourth-order valence-electron chi connectivity index (χ4n) is 3.47. The van der Waals surface area contributed by atoms with Crippen molar-refractivity contribution in [1.82, 2.24) is 20.1 Å². The molecule has 0 aliphatic carbocycles. The van der Waals surface area contributed by atoms with Crippen molar-refractivity contribution in [2.24, 2.45) is 0 Å². The number of hydrogen-bond donors (Lipinski definition) is 2. The van der Waals surface area contributed by atoms with Gasteiger partial charge >= 0.3 is 0 Å². The standard InChI is InChI=1S/C26H23Cl2N5O3S/c1-16-5-3-7-18(11-16)30-24(34)15-37-26-32-31-23(33(26)19-9-10-21(27)22(28)13-19)14-29-25(35)17-6-4-8-20(12-17)36-2/h3-13H,14-15H2,1-2H3,(H,29,35)(H,30,34). The van der Waals surface area contributed by atoms with Gasteiger partial charge in [0.2, 0.25) is 5.91 Å². The Hall–Kier alpha value is -3.53. The summed E-state index contributed by atoms with van der Waals surface area (Å²) in [6, 6.07) is 19.5. The summed E-state index contributed by atoms with van der Waals surface area (Å²) < 4.78 is 6.93. The third-order valence-electron chi connectivity index (χ3n) is 5.23. The number of carbonyl (C=O) groups excluding carboxylic acids is 2. The Balaban J connectivity index is 1.53. The van der Waals surface area contributed by atoms with Crippen LogP contribution in [0.25, 0.3) is 5.69 Å². The SMILES string of the molecule is COc1cccc(C(=O)NCc2nnc(SCC(=O)Nc3cccc(C)c3)n2-c2ccc(Cl)c(Cl)c2)c1. The van der Waals surface area contributed by atoms with Gasteiger partial charge in [-0.25, -0.2) is 0 Å². The van der Waals surface area contributed by atoms with E-state index in [0.717, 1.165) is 11.3 Å². The maximum Gasteiger partial charge on any atom is 0.251 e. The number of amides is 2. The minimum atomic E-state index is -0.297. The average Bonchev–Trinajstić information content (AvgIpc) is 3.30. The molecule has 0 radical (unpaired) electrons. The molecule has 1 aromatic heterocycles. The Morgan fingerprint density at radius 3 is 2.57 bits per heavy atom. The van der Waals surface area contributed by atoms with Crippen molar-refractivity contribution in [3.05, 3.63) is 93.7 Å². The van der Waals surface area contributed by atoms with Crippen LogP contribution in [0, 0.1) is 6.92 Å². The maximum absolute atomic E-state index is 12.7. The van der Waals surface area contributed by atoms with E-state index in [-0.39, 0.29) is 24.1 Å². The van der Waals surface area contributed by atoms with Gasteiger partial charge in [-0.2, -0.15) is 0 Å². The van der Waals surface area contributed by atoms with E-state index in [9.17, 15) is 9.59 Å². The molecule has 2 N–H and O–H groups in total. The fraction of sp³-hybridized carbons (Fsp3) is 0.154. The zero-order valence-corrected chi connectivity index (χ0v) is 22.3. The van der Waals surface area contributed by atoms with Crippen molar-refractivity contribution >= 4 is 52.5 Å². The first-order valence-electron chi connectivity index (χ1n) is 11.2. The lowest BCUT2D eigenvalue weighted by Gasteiger charge is -2.12. The molecule has 2 amide bonds. The lowest BCUT2D eigenvalue weighted by Crippen LogP contribution is -2.24. The van der Waals surface area contributed by atoms with Gasteiger partial charge in [-0.15, -0.1) is 10.2 Å². The Morgan fingerprint density at radius 1 is 1.00 bits per heavy atom. The van der Waals surface area contributed by atoms with Gasteiger partial charge in [0.25, 0.3) is 5.91 Å². The molecule has 0 bridgehead atoms. The first kappa shape index (κ1) is 26.5. The van der Waals surface area contributed by atoms with Crippen LogP contribution in [0.4, 0.5) is 5.69 Å². The topological polar surface area (TPSA) is 98.1 Å². The molecular formula is C26H23Cl2N5O3S. The number of methoxy groups -OCH3 is 1. The van der Waals surface area contributed by atoms with Crippen LogP contribution in [0.15, 0.2) is 71.9 Å². The van der Waals surface area contributed by atoms with Crippen molar-refractivity contribution in [2.45, 2.75) is 18.6 Å². The van der Waals surface area contributed by atoms with Crippen molar-refractivity contribution in [3.63, 3.8) is 0 Å². The van der Waals surface area contributed by atoms with Gasteiger partial charge in [-0.05, 0) is 61.0 Å². The van der Waals surface area contributed by atoms with Gasteiger partial charge in [0.1, 0.15) is 5.75 Å². The molecule has 0 saturated carbocycles. The van der Waals surface area contributed by atoms with Crippen LogP contribution in [-0.4, -0.2) is 39.4 Å². The molecule has 4 rings (SSSR count). The number of halogens is 2. The van der Waals surface area contributed by atoms with Gasteiger partial charge in [0.05, 0.1) is 35.1 Å². The second kappa shape index (κ2) is 12.1. The van der Waals surface area contributed by atoms with Gasteiger partial charge < -0.3 is 15.4 Å². The highest BCUT2D eigenvalue weighted by Crippen LogP contribution is 2.28. The summed E-state index contributed by atoms with van der Waals surface area (Å²) in [4.78, 5) is 25.3. The van der Waals surface area contributed by atoms with Crippen molar-refractivity contribution in [1.29, 1.82) is 0 Å². The molecule has 0 spiro atoms. The Kier molecular flexibility index (Phi) is 8.70. The number of nitrogens with zero attached hydrogens (tertiary/aromatic N) is 3. The monoisotopic (exact) mass is 555 g/mol. The summed E-state index contributed by atoms with van der Waals surface area (Å²) in [5.41, 5.74) is 2.86. The number of carbonyl (C=O) groups is 2. The van der Waals surface area contributed by atoms with Crippen molar-refractivity contribution in [2.75, 3.05) is 18.2 Å². The zero-order chi connectivity index (χ0) is 26.4. The van der Waals surface area contributed by atoms with E-state index in [1.165, 1.54) is 18.9 Å². The van der Waals surface area contributed by atoms with E-state index >= 15 is 0 Å². The van der Waals surface area contributed by atoms with Crippen molar-refractivity contribution < 1.29 is 14.3 Å². The van der Waals surface area contributed by atoms with Gasteiger partial charge in [-0.3, -0.25) is 14.2 Å². The highest BCUT2D eigenvalue weighted by molar-refractivity contribution is 7.99. The number of anilines is 1. The predicted octanol–water partition coefficient (Wildman–Crippen LogP) is 5.55. The highest BCUT2D eigenvalue weighted by atomic mass is 35.5. The molecule has 11 heteroatoms. The summed E-state index contributed by atoms with van der Waals surface area (Å²) in [7, 11) is 1.54. The molecule has 0 unspecified atom stereocenters. The van der Waals surface area contributed by atoms with Crippen LogP contribution in [-0.2, 0) is 11.3 Å². The van der Waals surface area contributed by atoms with E-state index in [2.05, 4.69) is 20.8 Å². The highest BCUT2D eigenvalue weighted by Gasteiger charge is 2.18. The Labute approximate surface area is 228 Å². The fourth-order valence-corrected chi connectivity index (χ4v) is 4.53. The smallest absolute Gasteiger partial charge is 0.251 e. The first-order chi connectivity index (χ1) is 17.8. The molecule has 0 aliphatic rings. The quantitative estimate of drug-likeness (QED) is 0.262. The van der Waals surface area contributed by atoms with E-state index in [1.54, 1.807) is 47.0 Å². The summed E-state index contributed by atoms with van der Waals surface area (Å²) in [5.74, 6) is 0.649. The van der Waals surface area contributed by atoms with Crippen LogP contribution in [0.5, 0.6) is 5.75 Å². The van der Waals surface area contributed by atoms with E-state index in [0.29, 0.717) is 38.0 Å². The number of aryl methyl sites for hydroxylation is 1. The van der Waals surface area contributed by atoms with Crippen LogP contribution in [0.1, 0.15) is 21.7 Å². The Bertz CT molecular complexity index is 1440. The molecule has 0 aliphatic heterocycles. The number of thioether (sulfide) groups is 1. The largest absolute Gasteiger partial charge is 0.497 e. The number of hydrogen-bond acceptors (Lipinski definition) is 6. The van der Waals surface area contributed by atoms with Crippen molar-refractivity contribution in [3.8, 4) is 11.4 Å². The molecular weight excluding hydrogens is 533 g/mol. The molecule has 0 atom stereocenters. The third kappa shape index (κ3) is 6.82. The summed E-state index contributed by atoms with van der Waals surface area (Å²) in [6.45, 7) is 2.04. The summed E-state index contributed by atoms with van der Waals surface area (Å²) in [5, 5.41) is 15.5. The van der Waals surface area contributed by atoms with E-state index in [4.69, 9.17) is 27.9 Å². The molecule has 3 aromatic carbocycles. The van der Waals surface area contributed by atoms with Crippen LogP contribution < -0.4 is 15.4 Å². The molecule has 4 aromatic rings. The second-order valence-electron chi connectivity index (χ2n) is 7.95. The molecule has 190 valence electrons. The molecule has 0 saturated heterocycles. The first-order valence-corrected chi connectivity index (χ1v) is 12.9. The molecule has 0 fully saturated rings. The Morgan fingerprint density at radius 2 is 1.81 bits per heavy atom. The normalized spacial score (nSPS) is 10.7. The predicted molar refractivity (Wildman–Crippen MR) is 146 cm³/mol. The number of nitrogens with one attached hydrogen (secondary N) is 2. The number of benzene rings is 3. The maximum atomic E-state index is 12.7. The minimum absolute atomic E-state index is 0.0827. The molecule has 8 nitrogen and oxygen atoms in total. The van der Waals surface area contributed by atoms with E-state index < -0.39 is 0 Å². The van der Waals surface area contributed by atoms with Gasteiger partial charge in [-0.1, -0.05) is 53.2 Å². The second-order valence-corrected chi connectivity index (χ2v) is 9.71. The number of ether oxygens (including phenoxy) is 1. The zero-order valence-electron chi connectivity index (χ0n) is 20.0. The van der Waals surface area contributed by atoms with Gasteiger partial charge in [0.15, 0.2) is 11.0 Å². The lowest BCUT2D eigenvalue weighted by atomic mass is 10.2. The average molecular weight is 556 g/mol. The number of rotatable bonds is 9. The summed E-state index contributed by atoms with van der Waals surface area (Å²) >= 11 is 13.6. The van der Waals surface area contributed by atoms with Crippen LogP contribution in [0.2, 0.25) is 10.0 Å². The number of aromatic nitrogens is 3. The van der Waals surface area contributed by atoms with E-state index in [1.807, 2.05) is 31.2 Å².